The molecule has 1 atom stereocenters. The zero-order chi connectivity index (χ0) is 14.2. The van der Waals surface area contributed by atoms with Gasteiger partial charge < -0.3 is 15.4 Å². The minimum Gasteiger partial charge on any atom is -0.371 e. The molecule has 1 unspecified atom stereocenters. The Morgan fingerprint density at radius 3 is 2.39 bits per heavy atom. The van der Waals surface area contributed by atoms with Crippen LogP contribution in [0.4, 0.5) is 13.2 Å². The summed E-state index contributed by atoms with van der Waals surface area (Å²) in [5, 5.41) is 5.48. The summed E-state index contributed by atoms with van der Waals surface area (Å²) in [6.07, 6.45) is -4.30. The summed E-state index contributed by atoms with van der Waals surface area (Å²) in [5.74, 6) is 0.163. The highest BCUT2D eigenvalue weighted by Gasteiger charge is 2.27. The van der Waals surface area contributed by atoms with Crippen molar-refractivity contribution in [1.82, 2.24) is 10.6 Å². The number of carbonyl (C=O) groups is 1. The Kier molecular flexibility index (Phi) is 7.93. The zero-order valence-electron chi connectivity index (χ0n) is 10.9. The van der Waals surface area contributed by atoms with Crippen molar-refractivity contribution in [2.24, 2.45) is 5.92 Å². The van der Waals surface area contributed by atoms with Crippen LogP contribution in [0.1, 0.15) is 20.8 Å². The van der Waals surface area contributed by atoms with Gasteiger partial charge in [0.15, 0.2) is 0 Å². The van der Waals surface area contributed by atoms with E-state index in [0.717, 1.165) is 0 Å². The monoisotopic (exact) mass is 270 g/mol. The second-order valence-corrected chi connectivity index (χ2v) is 4.44. The quantitative estimate of drug-likeness (QED) is 0.654. The SMILES string of the molecule is CC(C)C(C)NC(=O)CNCCOCC(F)(F)F. The minimum atomic E-state index is -4.30. The van der Waals surface area contributed by atoms with Crippen LogP contribution in [0.2, 0.25) is 0 Å². The molecule has 0 aromatic heterocycles. The lowest BCUT2D eigenvalue weighted by molar-refractivity contribution is -0.173. The molecule has 0 rings (SSSR count). The summed E-state index contributed by atoms with van der Waals surface area (Å²) in [4.78, 5) is 11.4. The number of carbonyl (C=O) groups excluding carboxylic acids is 1. The molecular weight excluding hydrogens is 249 g/mol. The number of alkyl halides is 3. The molecular formula is C11H21F3N2O2. The molecule has 0 fully saturated rings. The van der Waals surface area contributed by atoms with Gasteiger partial charge in [-0.1, -0.05) is 13.8 Å². The average molecular weight is 270 g/mol. The van der Waals surface area contributed by atoms with Crippen molar-refractivity contribution in [1.29, 1.82) is 0 Å². The van der Waals surface area contributed by atoms with Crippen LogP contribution in [0, 0.1) is 5.92 Å². The maximum absolute atomic E-state index is 11.7. The first-order chi connectivity index (χ1) is 8.22. The molecule has 0 aromatic carbocycles. The molecule has 18 heavy (non-hydrogen) atoms. The van der Waals surface area contributed by atoms with Gasteiger partial charge in [-0.15, -0.1) is 0 Å². The van der Waals surface area contributed by atoms with Crippen LogP contribution >= 0.6 is 0 Å². The van der Waals surface area contributed by atoms with Crippen molar-refractivity contribution >= 4 is 5.91 Å². The molecule has 0 saturated carbocycles. The van der Waals surface area contributed by atoms with Crippen molar-refractivity contribution in [2.75, 3.05) is 26.3 Å². The predicted molar refractivity (Wildman–Crippen MR) is 62.2 cm³/mol. The fraction of sp³-hybridized carbons (Fsp3) is 0.909. The Labute approximate surface area is 105 Å². The molecule has 0 aliphatic carbocycles. The average Bonchev–Trinajstić information content (AvgIpc) is 2.21. The summed E-state index contributed by atoms with van der Waals surface area (Å²) in [5.41, 5.74) is 0. The molecule has 0 spiro atoms. The first-order valence-electron chi connectivity index (χ1n) is 5.87. The number of hydrogen-bond acceptors (Lipinski definition) is 3. The topological polar surface area (TPSA) is 50.4 Å². The number of halogens is 3. The standard InChI is InChI=1S/C11H21F3N2O2/c1-8(2)9(3)16-10(17)6-15-4-5-18-7-11(12,13)14/h8-9,15H,4-7H2,1-3H3,(H,16,17). The highest BCUT2D eigenvalue weighted by molar-refractivity contribution is 5.78. The highest BCUT2D eigenvalue weighted by Crippen LogP contribution is 2.13. The maximum atomic E-state index is 11.7. The van der Waals surface area contributed by atoms with Gasteiger partial charge in [-0.3, -0.25) is 4.79 Å². The largest absolute Gasteiger partial charge is 0.411 e. The van der Waals surface area contributed by atoms with Crippen molar-refractivity contribution in [3.63, 3.8) is 0 Å². The summed E-state index contributed by atoms with van der Waals surface area (Å²) in [6.45, 7) is 4.82. The number of hydrogen-bond donors (Lipinski definition) is 2. The van der Waals surface area contributed by atoms with Gasteiger partial charge in [0.25, 0.3) is 0 Å². The van der Waals surface area contributed by atoms with Gasteiger partial charge in [0.2, 0.25) is 5.91 Å². The molecule has 0 aromatic rings. The van der Waals surface area contributed by atoms with Crippen molar-refractivity contribution < 1.29 is 22.7 Å². The molecule has 7 heteroatoms. The van der Waals surface area contributed by atoms with E-state index < -0.39 is 12.8 Å². The lowest BCUT2D eigenvalue weighted by Crippen LogP contribution is -2.42. The van der Waals surface area contributed by atoms with Gasteiger partial charge in [-0.25, -0.2) is 0 Å². The van der Waals surface area contributed by atoms with Gasteiger partial charge in [0, 0.05) is 12.6 Å². The lowest BCUT2D eigenvalue weighted by Gasteiger charge is -2.17. The van der Waals surface area contributed by atoms with Crippen LogP contribution in [0.5, 0.6) is 0 Å². The summed E-state index contributed by atoms with van der Waals surface area (Å²) < 4.78 is 39.5. The first kappa shape index (κ1) is 17.2. The first-order valence-corrected chi connectivity index (χ1v) is 5.87. The van der Waals surface area contributed by atoms with Crippen LogP contribution in [0.25, 0.3) is 0 Å². The van der Waals surface area contributed by atoms with E-state index in [4.69, 9.17) is 0 Å². The number of amides is 1. The Hall–Kier alpha value is -0.820. The normalized spacial score (nSPS) is 13.7. The molecule has 0 saturated heterocycles. The Morgan fingerprint density at radius 2 is 1.89 bits per heavy atom. The summed E-state index contributed by atoms with van der Waals surface area (Å²) >= 11 is 0. The van der Waals surface area contributed by atoms with Gasteiger partial charge in [-0.2, -0.15) is 13.2 Å². The highest BCUT2D eigenvalue weighted by atomic mass is 19.4. The molecule has 0 heterocycles. The zero-order valence-corrected chi connectivity index (χ0v) is 10.9. The molecule has 4 nitrogen and oxygen atoms in total. The molecule has 1 amide bonds. The lowest BCUT2D eigenvalue weighted by atomic mass is 10.1. The molecule has 0 bridgehead atoms. The van der Waals surface area contributed by atoms with Crippen molar-refractivity contribution in [3.05, 3.63) is 0 Å². The van der Waals surface area contributed by atoms with Crippen LogP contribution in [-0.2, 0) is 9.53 Å². The van der Waals surface area contributed by atoms with Crippen LogP contribution in [0.15, 0.2) is 0 Å². The van der Waals surface area contributed by atoms with E-state index in [0.29, 0.717) is 5.92 Å². The summed E-state index contributed by atoms with van der Waals surface area (Å²) in [6, 6.07) is 0.0702. The van der Waals surface area contributed by atoms with Crippen LogP contribution < -0.4 is 10.6 Å². The van der Waals surface area contributed by atoms with E-state index in [1.54, 1.807) is 0 Å². The van der Waals surface area contributed by atoms with Gasteiger partial charge >= 0.3 is 6.18 Å². The molecule has 108 valence electrons. The maximum Gasteiger partial charge on any atom is 0.411 e. The Balaban J connectivity index is 3.47. The molecule has 0 aliphatic rings. The third kappa shape index (κ3) is 10.3. The van der Waals surface area contributed by atoms with Gasteiger partial charge in [0.05, 0.1) is 13.2 Å². The van der Waals surface area contributed by atoms with E-state index in [1.165, 1.54) is 0 Å². The Morgan fingerprint density at radius 1 is 1.28 bits per heavy atom. The second kappa shape index (κ2) is 8.31. The van der Waals surface area contributed by atoms with Crippen molar-refractivity contribution in [3.8, 4) is 0 Å². The Bertz CT molecular complexity index is 245. The van der Waals surface area contributed by atoms with Crippen LogP contribution in [0.3, 0.4) is 0 Å². The van der Waals surface area contributed by atoms with Crippen LogP contribution in [-0.4, -0.2) is 44.4 Å². The fourth-order valence-corrected chi connectivity index (χ4v) is 1.01. The van der Waals surface area contributed by atoms with Gasteiger partial charge in [-0.05, 0) is 12.8 Å². The van der Waals surface area contributed by atoms with E-state index >= 15 is 0 Å². The fourth-order valence-electron chi connectivity index (χ4n) is 1.01. The molecule has 0 aliphatic heterocycles. The van der Waals surface area contributed by atoms with Gasteiger partial charge in [0.1, 0.15) is 6.61 Å². The van der Waals surface area contributed by atoms with E-state index in [2.05, 4.69) is 15.4 Å². The number of nitrogens with one attached hydrogen (secondary N) is 2. The number of rotatable bonds is 8. The third-order valence-electron chi connectivity index (χ3n) is 2.36. The smallest absolute Gasteiger partial charge is 0.371 e. The number of ether oxygens (including phenoxy) is 1. The van der Waals surface area contributed by atoms with E-state index in [-0.39, 0.29) is 31.6 Å². The minimum absolute atomic E-state index is 0.0702. The van der Waals surface area contributed by atoms with E-state index in [9.17, 15) is 18.0 Å². The van der Waals surface area contributed by atoms with E-state index in [1.807, 2.05) is 20.8 Å². The van der Waals surface area contributed by atoms with Crippen molar-refractivity contribution in [2.45, 2.75) is 33.0 Å². The predicted octanol–water partition coefficient (Wildman–Crippen LogP) is 1.32. The third-order valence-corrected chi connectivity index (χ3v) is 2.36. The molecule has 0 radical (unpaired) electrons. The molecule has 2 N–H and O–H groups in total. The second-order valence-electron chi connectivity index (χ2n) is 4.44. The summed E-state index contributed by atoms with van der Waals surface area (Å²) in [7, 11) is 0.